The molecule has 0 amide bonds. The van der Waals surface area contributed by atoms with Crippen LogP contribution in [0.3, 0.4) is 0 Å². The van der Waals surface area contributed by atoms with Gasteiger partial charge < -0.3 is 5.11 Å². The smallest absolute Gasteiger partial charge is 0.264 e. The highest BCUT2D eigenvalue weighted by Crippen LogP contribution is 2.49. The Bertz CT molecular complexity index is 860. The summed E-state index contributed by atoms with van der Waals surface area (Å²) in [4.78, 5) is 0.309. The molecule has 0 aromatic heterocycles. The third-order valence-corrected chi connectivity index (χ3v) is 7.09. The van der Waals surface area contributed by atoms with Crippen molar-refractivity contribution in [1.29, 1.82) is 0 Å². The lowest BCUT2D eigenvalue weighted by molar-refractivity contribution is 0.115. The first kappa shape index (κ1) is 15.7. The second-order valence-electron chi connectivity index (χ2n) is 6.81. The zero-order chi connectivity index (χ0) is 16.9. The normalized spacial score (nSPS) is 26.1. The van der Waals surface area contributed by atoms with E-state index in [2.05, 4.69) is 0 Å². The molecule has 0 radical (unpaired) electrons. The maximum absolute atomic E-state index is 13.3. The van der Waals surface area contributed by atoms with Crippen LogP contribution in [-0.4, -0.2) is 25.7 Å². The Morgan fingerprint density at radius 1 is 1.04 bits per heavy atom. The fourth-order valence-corrected chi connectivity index (χ4v) is 5.78. The van der Waals surface area contributed by atoms with Gasteiger partial charge in [0.05, 0.1) is 22.7 Å². The standard InChI is InChI=1S/C19H21NO3S/c1-13-6-9-15(10-7-13)24(22,23)20-18-5-3-2-4-16(18)17-11-8-14(21)12-19(17)20/h2-7,9-10,14,17,19,21H,8,11-12H2,1H3/t14-,17+,19+/m1/s1. The SMILES string of the molecule is Cc1ccc(S(=O)(=O)N2c3ccccc3[C@@H]3CC[C@@H](O)C[C@@H]32)cc1. The minimum atomic E-state index is -3.64. The zero-order valence-electron chi connectivity index (χ0n) is 13.6. The van der Waals surface area contributed by atoms with E-state index in [9.17, 15) is 13.5 Å². The van der Waals surface area contributed by atoms with Gasteiger partial charge in [-0.05, 0) is 49.9 Å². The number of benzene rings is 2. The first-order valence-electron chi connectivity index (χ1n) is 8.36. The Kier molecular flexibility index (Phi) is 3.66. The summed E-state index contributed by atoms with van der Waals surface area (Å²) >= 11 is 0. The van der Waals surface area contributed by atoms with Gasteiger partial charge in [-0.15, -0.1) is 0 Å². The molecule has 4 rings (SSSR count). The van der Waals surface area contributed by atoms with Gasteiger partial charge >= 0.3 is 0 Å². The molecule has 1 N–H and O–H groups in total. The van der Waals surface area contributed by atoms with Crippen LogP contribution in [0.4, 0.5) is 5.69 Å². The molecule has 4 nitrogen and oxygen atoms in total. The second-order valence-corrected chi connectivity index (χ2v) is 8.63. The lowest BCUT2D eigenvalue weighted by Gasteiger charge is -2.35. The molecule has 2 aromatic carbocycles. The Labute approximate surface area is 142 Å². The highest BCUT2D eigenvalue weighted by Gasteiger charge is 2.47. The average Bonchev–Trinajstić information content (AvgIpc) is 2.89. The second kappa shape index (κ2) is 5.60. The summed E-state index contributed by atoms with van der Waals surface area (Å²) in [6.45, 7) is 1.94. The van der Waals surface area contributed by atoms with E-state index in [4.69, 9.17) is 0 Å². The maximum Gasteiger partial charge on any atom is 0.264 e. The first-order chi connectivity index (χ1) is 11.5. The van der Waals surface area contributed by atoms with Gasteiger partial charge in [0.2, 0.25) is 0 Å². The predicted octanol–water partition coefficient (Wildman–Crippen LogP) is 3.20. The molecule has 2 aliphatic rings. The first-order valence-corrected chi connectivity index (χ1v) is 9.80. The number of fused-ring (bicyclic) bond motifs is 3. The van der Waals surface area contributed by atoms with Crippen molar-refractivity contribution in [2.24, 2.45) is 0 Å². The van der Waals surface area contributed by atoms with Crippen LogP contribution < -0.4 is 4.31 Å². The largest absolute Gasteiger partial charge is 0.393 e. The topological polar surface area (TPSA) is 57.6 Å². The molecule has 0 spiro atoms. The minimum absolute atomic E-state index is 0.171. The molecule has 24 heavy (non-hydrogen) atoms. The van der Waals surface area contributed by atoms with E-state index in [1.54, 1.807) is 16.4 Å². The highest BCUT2D eigenvalue weighted by atomic mass is 32.2. The van der Waals surface area contributed by atoms with E-state index in [1.807, 2.05) is 43.3 Å². The molecule has 1 aliphatic heterocycles. The van der Waals surface area contributed by atoms with Crippen molar-refractivity contribution in [3.05, 3.63) is 59.7 Å². The molecule has 1 aliphatic carbocycles. The van der Waals surface area contributed by atoms with Gasteiger partial charge in [-0.25, -0.2) is 8.42 Å². The third kappa shape index (κ3) is 2.34. The van der Waals surface area contributed by atoms with Gasteiger partial charge in [0.25, 0.3) is 10.0 Å². The van der Waals surface area contributed by atoms with Gasteiger partial charge in [-0.2, -0.15) is 0 Å². The fraction of sp³-hybridized carbons (Fsp3) is 0.368. The summed E-state index contributed by atoms with van der Waals surface area (Å²) < 4.78 is 28.2. The van der Waals surface area contributed by atoms with Gasteiger partial charge in [-0.1, -0.05) is 35.9 Å². The highest BCUT2D eigenvalue weighted by molar-refractivity contribution is 7.92. The average molecular weight is 343 g/mol. The van der Waals surface area contributed by atoms with E-state index in [1.165, 1.54) is 0 Å². The molecule has 1 fully saturated rings. The van der Waals surface area contributed by atoms with Crippen molar-refractivity contribution in [3.63, 3.8) is 0 Å². The summed E-state index contributed by atoms with van der Waals surface area (Å²) in [7, 11) is -3.64. The van der Waals surface area contributed by atoms with Crippen LogP contribution in [0.5, 0.6) is 0 Å². The van der Waals surface area contributed by atoms with Crippen LogP contribution in [0.25, 0.3) is 0 Å². The van der Waals surface area contributed by atoms with E-state index in [0.717, 1.165) is 29.7 Å². The molecular weight excluding hydrogens is 322 g/mol. The molecule has 5 heteroatoms. The quantitative estimate of drug-likeness (QED) is 0.911. The zero-order valence-corrected chi connectivity index (χ0v) is 14.4. The lowest BCUT2D eigenvalue weighted by Crippen LogP contribution is -2.43. The third-order valence-electron chi connectivity index (χ3n) is 5.24. The summed E-state index contributed by atoms with van der Waals surface area (Å²) in [5.74, 6) is 0.171. The van der Waals surface area contributed by atoms with Crippen molar-refractivity contribution in [2.75, 3.05) is 4.31 Å². The minimum Gasteiger partial charge on any atom is -0.393 e. The molecular formula is C19H21NO3S. The number of hydrogen-bond donors (Lipinski definition) is 1. The molecule has 3 atom stereocenters. The Balaban J connectivity index is 1.84. The number of anilines is 1. The van der Waals surface area contributed by atoms with Crippen LogP contribution in [-0.2, 0) is 10.0 Å². The summed E-state index contributed by atoms with van der Waals surface area (Å²) in [5.41, 5.74) is 2.88. The fourth-order valence-electron chi connectivity index (χ4n) is 4.06. The summed E-state index contributed by atoms with van der Waals surface area (Å²) in [6, 6.07) is 14.5. The Morgan fingerprint density at radius 2 is 1.75 bits per heavy atom. The Morgan fingerprint density at radius 3 is 2.50 bits per heavy atom. The number of hydrogen-bond acceptors (Lipinski definition) is 3. The molecule has 1 saturated carbocycles. The van der Waals surface area contributed by atoms with Crippen LogP contribution in [0.2, 0.25) is 0 Å². The number of rotatable bonds is 2. The van der Waals surface area contributed by atoms with E-state index < -0.39 is 16.1 Å². The number of aliphatic hydroxyl groups is 1. The van der Waals surface area contributed by atoms with Crippen LogP contribution >= 0.6 is 0 Å². The Hall–Kier alpha value is -1.85. The molecule has 126 valence electrons. The van der Waals surface area contributed by atoms with Crippen molar-refractivity contribution in [3.8, 4) is 0 Å². The van der Waals surface area contributed by atoms with Crippen molar-refractivity contribution in [1.82, 2.24) is 0 Å². The van der Waals surface area contributed by atoms with Crippen LogP contribution in [0.15, 0.2) is 53.4 Å². The van der Waals surface area contributed by atoms with E-state index >= 15 is 0 Å². The molecule has 1 heterocycles. The summed E-state index contributed by atoms with van der Waals surface area (Å²) in [5, 5.41) is 10.1. The monoisotopic (exact) mass is 343 g/mol. The number of nitrogens with zero attached hydrogens (tertiary/aromatic N) is 1. The van der Waals surface area contributed by atoms with Crippen molar-refractivity contribution < 1.29 is 13.5 Å². The summed E-state index contributed by atoms with van der Waals surface area (Å²) in [6.07, 6.45) is 1.61. The molecule has 0 saturated heterocycles. The maximum atomic E-state index is 13.3. The van der Waals surface area contributed by atoms with Gasteiger partial charge in [0.15, 0.2) is 0 Å². The van der Waals surface area contributed by atoms with Gasteiger partial charge in [0.1, 0.15) is 0 Å². The van der Waals surface area contributed by atoms with E-state index in [-0.39, 0.29) is 12.0 Å². The predicted molar refractivity (Wildman–Crippen MR) is 93.7 cm³/mol. The lowest BCUT2D eigenvalue weighted by atomic mass is 9.81. The molecule has 0 bridgehead atoms. The van der Waals surface area contributed by atoms with Crippen LogP contribution in [0.1, 0.15) is 36.3 Å². The molecule has 2 aromatic rings. The molecule has 0 unspecified atom stereocenters. The van der Waals surface area contributed by atoms with E-state index in [0.29, 0.717) is 11.3 Å². The number of aliphatic hydroxyl groups excluding tert-OH is 1. The van der Waals surface area contributed by atoms with Crippen molar-refractivity contribution in [2.45, 2.75) is 49.1 Å². The number of para-hydroxylation sites is 1. The van der Waals surface area contributed by atoms with Crippen LogP contribution in [0, 0.1) is 6.92 Å². The van der Waals surface area contributed by atoms with Gasteiger partial charge in [-0.3, -0.25) is 4.31 Å². The van der Waals surface area contributed by atoms with Crippen molar-refractivity contribution >= 4 is 15.7 Å². The van der Waals surface area contributed by atoms with Gasteiger partial charge in [0, 0.05) is 5.92 Å². The number of sulfonamides is 1. The number of aryl methyl sites for hydroxylation is 1.